The predicted octanol–water partition coefficient (Wildman–Crippen LogP) is 3.81. The molecule has 144 valence electrons. The highest BCUT2D eigenvalue weighted by molar-refractivity contribution is 5.70. The van der Waals surface area contributed by atoms with Crippen LogP contribution in [-0.2, 0) is 6.18 Å². The summed E-state index contributed by atoms with van der Waals surface area (Å²) in [6.07, 6.45) is 0.797. The maximum atomic E-state index is 12.7. The molecule has 11 heteroatoms. The van der Waals surface area contributed by atoms with E-state index in [1.807, 2.05) is 13.1 Å². The van der Waals surface area contributed by atoms with Gasteiger partial charge in [-0.2, -0.15) is 18.4 Å². The van der Waals surface area contributed by atoms with Crippen molar-refractivity contribution in [3.63, 3.8) is 0 Å². The van der Waals surface area contributed by atoms with E-state index < -0.39 is 17.8 Å². The molecule has 0 saturated carbocycles. The molecule has 8 nitrogen and oxygen atoms in total. The lowest BCUT2D eigenvalue weighted by Crippen LogP contribution is -2.14. The van der Waals surface area contributed by atoms with Gasteiger partial charge in [0.1, 0.15) is 6.04 Å². The average molecular weight is 389 g/mol. The van der Waals surface area contributed by atoms with Crippen LogP contribution < -0.4 is 10.6 Å². The first-order valence-electron chi connectivity index (χ1n) is 8.16. The molecule has 2 N–H and O–H groups in total. The van der Waals surface area contributed by atoms with E-state index in [9.17, 15) is 13.2 Å². The molecule has 0 bridgehead atoms. The molecule has 0 amide bonds. The zero-order valence-corrected chi connectivity index (χ0v) is 14.5. The second kappa shape index (κ2) is 7.91. The highest BCUT2D eigenvalue weighted by atomic mass is 19.4. The molecule has 1 aromatic carbocycles. The topological polar surface area (TPSA) is 113 Å². The molecule has 0 aliphatic carbocycles. The van der Waals surface area contributed by atoms with Crippen molar-refractivity contribution in [3.05, 3.63) is 48.1 Å². The molecule has 3 rings (SSSR count). The number of hydrogen-bond donors (Lipinski definition) is 2. The zero-order valence-electron chi connectivity index (χ0n) is 14.5. The minimum absolute atomic E-state index is 0.0655. The summed E-state index contributed by atoms with van der Waals surface area (Å²) >= 11 is 0. The van der Waals surface area contributed by atoms with Gasteiger partial charge >= 0.3 is 6.18 Å². The maximum absolute atomic E-state index is 12.7. The van der Waals surface area contributed by atoms with Crippen molar-refractivity contribution in [1.82, 2.24) is 25.5 Å². The first-order chi connectivity index (χ1) is 13.4. The largest absolute Gasteiger partial charge is 0.417 e. The summed E-state index contributed by atoms with van der Waals surface area (Å²) in [4.78, 5) is 8.30. The number of benzene rings is 1. The van der Waals surface area contributed by atoms with E-state index in [4.69, 9.17) is 9.68 Å². The second-order valence-electron chi connectivity index (χ2n) is 5.62. The third kappa shape index (κ3) is 4.17. The van der Waals surface area contributed by atoms with E-state index in [0.29, 0.717) is 12.1 Å². The standard InChI is InChI=1S/C17H14F3N7O/c1-2-12(24-9-21)15-26-27-16(28-15)13-14(23-8-7-22-13)25-11-5-3-10(4-6-11)17(18,19)20/h3-8,12,24H,2H2,1H3,(H,23,25). The Bertz CT molecular complexity index is 979. The van der Waals surface area contributed by atoms with Gasteiger partial charge in [0.2, 0.25) is 5.89 Å². The molecule has 1 atom stereocenters. The fourth-order valence-corrected chi connectivity index (χ4v) is 2.35. The van der Waals surface area contributed by atoms with Gasteiger partial charge in [-0.15, -0.1) is 10.2 Å². The van der Waals surface area contributed by atoms with Crippen LogP contribution in [-0.4, -0.2) is 20.2 Å². The molecule has 0 spiro atoms. The maximum Gasteiger partial charge on any atom is 0.416 e. The third-order valence-corrected chi connectivity index (χ3v) is 3.76. The van der Waals surface area contributed by atoms with E-state index in [1.165, 1.54) is 24.5 Å². The predicted molar refractivity (Wildman–Crippen MR) is 91.8 cm³/mol. The van der Waals surface area contributed by atoms with Gasteiger partial charge in [-0.1, -0.05) is 6.92 Å². The van der Waals surface area contributed by atoms with Gasteiger partial charge in [-0.25, -0.2) is 9.97 Å². The highest BCUT2D eigenvalue weighted by Crippen LogP contribution is 2.31. The Morgan fingerprint density at radius 3 is 2.50 bits per heavy atom. The molecular formula is C17H14F3N7O. The van der Waals surface area contributed by atoms with Crippen LogP contribution in [0.2, 0.25) is 0 Å². The summed E-state index contributed by atoms with van der Waals surface area (Å²) in [6, 6.07) is 4.05. The quantitative estimate of drug-likeness (QED) is 0.483. The van der Waals surface area contributed by atoms with E-state index in [2.05, 4.69) is 30.8 Å². The smallest absolute Gasteiger partial charge is 0.416 e. The van der Waals surface area contributed by atoms with Crippen LogP contribution in [0.5, 0.6) is 0 Å². The molecule has 0 aliphatic heterocycles. The van der Waals surface area contributed by atoms with Crippen molar-refractivity contribution >= 4 is 11.5 Å². The van der Waals surface area contributed by atoms with Gasteiger partial charge in [0.25, 0.3) is 5.89 Å². The Balaban J connectivity index is 1.86. The normalized spacial score (nSPS) is 12.2. The number of aromatic nitrogens is 4. The minimum Gasteiger partial charge on any atom is -0.417 e. The third-order valence-electron chi connectivity index (χ3n) is 3.76. The van der Waals surface area contributed by atoms with Gasteiger partial charge in [-0.3, -0.25) is 0 Å². The molecule has 2 heterocycles. The Kier molecular flexibility index (Phi) is 5.39. The van der Waals surface area contributed by atoms with E-state index in [0.717, 1.165) is 12.1 Å². The Morgan fingerprint density at radius 1 is 1.14 bits per heavy atom. The molecule has 0 fully saturated rings. The molecule has 0 aliphatic rings. The van der Waals surface area contributed by atoms with Crippen LogP contribution in [0.3, 0.4) is 0 Å². The van der Waals surface area contributed by atoms with Crippen LogP contribution in [0.1, 0.15) is 30.8 Å². The summed E-state index contributed by atoms with van der Waals surface area (Å²) in [5.74, 6) is 0.514. The zero-order chi connectivity index (χ0) is 20.1. The van der Waals surface area contributed by atoms with Crippen molar-refractivity contribution in [2.75, 3.05) is 5.32 Å². The van der Waals surface area contributed by atoms with Gasteiger partial charge in [0, 0.05) is 18.1 Å². The first-order valence-corrected chi connectivity index (χ1v) is 8.16. The molecule has 3 aromatic rings. The lowest BCUT2D eigenvalue weighted by Gasteiger charge is -2.10. The first kappa shape index (κ1) is 19.1. The molecule has 28 heavy (non-hydrogen) atoms. The number of hydrogen-bond acceptors (Lipinski definition) is 8. The van der Waals surface area contributed by atoms with Crippen LogP contribution in [0.4, 0.5) is 24.7 Å². The van der Waals surface area contributed by atoms with Crippen molar-refractivity contribution in [3.8, 4) is 17.8 Å². The van der Waals surface area contributed by atoms with Crippen LogP contribution in [0, 0.1) is 11.5 Å². The Morgan fingerprint density at radius 2 is 1.86 bits per heavy atom. The van der Waals surface area contributed by atoms with Crippen molar-refractivity contribution in [1.29, 1.82) is 5.26 Å². The average Bonchev–Trinajstić information content (AvgIpc) is 3.16. The molecular weight excluding hydrogens is 375 g/mol. The molecule has 0 radical (unpaired) electrons. The summed E-state index contributed by atoms with van der Waals surface area (Å²) in [5.41, 5.74) is -0.144. The summed E-state index contributed by atoms with van der Waals surface area (Å²) in [6.45, 7) is 1.85. The number of nitriles is 1. The Hall–Kier alpha value is -3.68. The summed E-state index contributed by atoms with van der Waals surface area (Å²) in [5, 5.41) is 22.1. The van der Waals surface area contributed by atoms with Gasteiger partial charge < -0.3 is 15.1 Å². The Labute approximate surface area is 157 Å². The number of rotatable bonds is 6. The molecule has 2 aromatic heterocycles. The van der Waals surface area contributed by atoms with Crippen molar-refractivity contribution < 1.29 is 17.6 Å². The summed E-state index contributed by atoms with van der Waals surface area (Å²) < 4.78 is 43.7. The van der Waals surface area contributed by atoms with E-state index in [1.54, 1.807) is 0 Å². The fraction of sp³-hybridized carbons (Fsp3) is 0.235. The van der Waals surface area contributed by atoms with Crippen LogP contribution in [0.15, 0.2) is 41.1 Å². The second-order valence-corrected chi connectivity index (χ2v) is 5.62. The van der Waals surface area contributed by atoms with E-state index in [-0.39, 0.29) is 23.3 Å². The number of halogens is 3. The van der Waals surface area contributed by atoms with Gasteiger partial charge in [-0.05, 0) is 30.7 Å². The number of nitrogens with zero attached hydrogens (tertiary/aromatic N) is 5. The van der Waals surface area contributed by atoms with Crippen LogP contribution >= 0.6 is 0 Å². The summed E-state index contributed by atoms with van der Waals surface area (Å²) in [7, 11) is 0. The van der Waals surface area contributed by atoms with Gasteiger partial charge in [0.15, 0.2) is 17.7 Å². The van der Waals surface area contributed by atoms with E-state index >= 15 is 0 Å². The van der Waals surface area contributed by atoms with Gasteiger partial charge in [0.05, 0.1) is 5.56 Å². The minimum atomic E-state index is -4.41. The number of alkyl halides is 3. The fourth-order valence-electron chi connectivity index (χ4n) is 2.35. The van der Waals surface area contributed by atoms with Crippen molar-refractivity contribution in [2.24, 2.45) is 0 Å². The van der Waals surface area contributed by atoms with Crippen LogP contribution in [0.25, 0.3) is 11.6 Å². The lowest BCUT2D eigenvalue weighted by atomic mass is 10.2. The number of anilines is 2. The highest BCUT2D eigenvalue weighted by Gasteiger charge is 2.30. The molecule has 0 saturated heterocycles. The monoisotopic (exact) mass is 389 g/mol. The van der Waals surface area contributed by atoms with Crippen molar-refractivity contribution in [2.45, 2.75) is 25.6 Å². The molecule has 1 unspecified atom stereocenters. The lowest BCUT2D eigenvalue weighted by molar-refractivity contribution is -0.137. The SMILES string of the molecule is CCC(NC#N)c1nnc(-c2nccnc2Nc2ccc(C(F)(F)F)cc2)o1. The number of nitrogens with one attached hydrogen (secondary N) is 2.